The number of hydrogen-bond donors (Lipinski definition) is 1. The van der Waals surface area contributed by atoms with Gasteiger partial charge in [0.25, 0.3) is 11.7 Å². The summed E-state index contributed by atoms with van der Waals surface area (Å²) >= 11 is 0. The largest absolute Gasteiger partial charge is 0.497 e. The first-order valence-electron chi connectivity index (χ1n) is 10.4. The molecule has 1 N–H and O–H groups in total. The molecule has 0 aliphatic carbocycles. The Labute approximate surface area is 183 Å². The Balaban J connectivity index is 1.79. The predicted octanol–water partition coefficient (Wildman–Crippen LogP) is 3.60. The first kappa shape index (κ1) is 23.4. The zero-order valence-corrected chi connectivity index (χ0v) is 19.7. The third kappa shape index (κ3) is 4.39. The second kappa shape index (κ2) is 7.71. The number of hydrogen-bond acceptors (Lipinski definition) is 6. The van der Waals surface area contributed by atoms with Crippen molar-refractivity contribution in [2.75, 3.05) is 0 Å². The van der Waals surface area contributed by atoms with Gasteiger partial charge in [0.15, 0.2) is 0 Å². The lowest BCUT2D eigenvalue weighted by Gasteiger charge is -2.32. The van der Waals surface area contributed by atoms with Crippen LogP contribution in [0.3, 0.4) is 0 Å². The molecule has 1 aliphatic rings. The second-order valence-electron chi connectivity index (χ2n) is 10.1. The molecule has 2 heterocycles. The molecule has 0 radical (unpaired) electrons. The van der Waals surface area contributed by atoms with E-state index in [9.17, 15) is 4.79 Å². The highest BCUT2D eigenvalue weighted by molar-refractivity contribution is 6.62. The molecule has 1 unspecified atom stereocenters. The van der Waals surface area contributed by atoms with Crippen molar-refractivity contribution in [2.45, 2.75) is 85.0 Å². The van der Waals surface area contributed by atoms with Crippen LogP contribution in [0.15, 0.2) is 16.7 Å². The molecule has 0 saturated carbocycles. The van der Waals surface area contributed by atoms with E-state index >= 15 is 4.39 Å². The summed E-state index contributed by atoms with van der Waals surface area (Å²) < 4.78 is 32.4. The molecule has 31 heavy (non-hydrogen) atoms. The number of rotatable bonds is 4. The number of amides is 1. The highest BCUT2D eigenvalue weighted by Gasteiger charge is 2.52. The topological polar surface area (TPSA) is 86.5 Å². The minimum Gasteiger partial charge on any atom is -0.399 e. The van der Waals surface area contributed by atoms with Crippen LogP contribution in [0.2, 0.25) is 0 Å². The van der Waals surface area contributed by atoms with Crippen molar-refractivity contribution in [1.29, 1.82) is 0 Å². The number of carbonyl (C=O) groups is 1. The molecule has 7 nitrogen and oxygen atoms in total. The standard InChI is InChI=1S/C22H31BFN3O4/c1-12-14(13(2)25-18(28)17-26-19(29-27-17)20(3,4)5)10-11-15(16(12)24)23-30-21(6,7)22(8,9)31-23/h10-11,13H,1-9H3,(H,25,28). The third-order valence-electron chi connectivity index (χ3n) is 6.05. The van der Waals surface area contributed by atoms with Crippen LogP contribution < -0.4 is 10.8 Å². The molecule has 1 aromatic carbocycles. The summed E-state index contributed by atoms with van der Waals surface area (Å²) in [7, 11) is -0.794. The Hall–Kier alpha value is -2.26. The van der Waals surface area contributed by atoms with E-state index in [1.807, 2.05) is 48.5 Å². The smallest absolute Gasteiger partial charge is 0.399 e. The van der Waals surface area contributed by atoms with Crippen molar-refractivity contribution in [3.63, 3.8) is 0 Å². The Bertz CT molecular complexity index is 981. The van der Waals surface area contributed by atoms with Gasteiger partial charge in [-0.15, -0.1) is 0 Å². The minimum atomic E-state index is -0.794. The maximum Gasteiger partial charge on any atom is 0.497 e. The zero-order chi connectivity index (χ0) is 23.4. The van der Waals surface area contributed by atoms with Crippen LogP contribution in [0.4, 0.5) is 4.39 Å². The first-order valence-corrected chi connectivity index (χ1v) is 10.4. The lowest BCUT2D eigenvalue weighted by atomic mass is 9.76. The van der Waals surface area contributed by atoms with Crippen molar-refractivity contribution in [3.05, 3.63) is 40.8 Å². The van der Waals surface area contributed by atoms with Gasteiger partial charge in [0.2, 0.25) is 5.89 Å². The van der Waals surface area contributed by atoms with Gasteiger partial charge in [0, 0.05) is 10.9 Å². The fraction of sp³-hybridized carbons (Fsp3) is 0.591. The Morgan fingerprint density at radius 1 is 1.16 bits per heavy atom. The number of aromatic nitrogens is 2. The SMILES string of the molecule is Cc1c(C(C)NC(=O)c2noc(C(C)(C)C)n2)ccc(B2OC(C)(C)C(C)(C)O2)c1F. The minimum absolute atomic E-state index is 0.0521. The molecule has 1 fully saturated rings. The summed E-state index contributed by atoms with van der Waals surface area (Å²) in [5, 5.41) is 6.56. The fourth-order valence-electron chi connectivity index (χ4n) is 3.30. The molecule has 2 aromatic rings. The molecule has 168 valence electrons. The summed E-state index contributed by atoms with van der Waals surface area (Å²) in [5.41, 5.74) is -0.0797. The quantitative estimate of drug-likeness (QED) is 0.745. The molecular weight excluding hydrogens is 400 g/mol. The van der Waals surface area contributed by atoms with Crippen molar-refractivity contribution >= 4 is 18.5 Å². The summed E-state index contributed by atoms with van der Waals surface area (Å²) in [5.74, 6) is -0.573. The van der Waals surface area contributed by atoms with Crippen LogP contribution in [-0.4, -0.2) is 34.4 Å². The molecule has 1 atom stereocenters. The lowest BCUT2D eigenvalue weighted by molar-refractivity contribution is 0.00578. The summed E-state index contributed by atoms with van der Waals surface area (Å²) in [6.45, 7) is 16.9. The molecule has 0 bridgehead atoms. The molecule has 1 aromatic heterocycles. The molecular formula is C22H31BFN3O4. The van der Waals surface area contributed by atoms with E-state index in [0.717, 1.165) is 0 Å². The van der Waals surface area contributed by atoms with E-state index in [-0.39, 0.29) is 11.2 Å². The van der Waals surface area contributed by atoms with Crippen molar-refractivity contribution < 1.29 is 23.0 Å². The molecule has 9 heteroatoms. The molecule has 0 spiro atoms. The van der Waals surface area contributed by atoms with Crippen molar-refractivity contribution in [3.8, 4) is 0 Å². The third-order valence-corrected chi connectivity index (χ3v) is 6.05. The van der Waals surface area contributed by atoms with Crippen LogP contribution in [0.1, 0.15) is 89.1 Å². The van der Waals surface area contributed by atoms with Crippen LogP contribution in [0.25, 0.3) is 0 Å². The van der Waals surface area contributed by atoms with E-state index in [4.69, 9.17) is 13.8 Å². The van der Waals surface area contributed by atoms with Gasteiger partial charge in [0.1, 0.15) is 5.82 Å². The normalized spacial score (nSPS) is 18.8. The van der Waals surface area contributed by atoms with E-state index in [1.54, 1.807) is 26.0 Å². The van der Waals surface area contributed by atoms with E-state index in [0.29, 0.717) is 22.5 Å². The monoisotopic (exact) mass is 431 g/mol. The Morgan fingerprint density at radius 3 is 2.26 bits per heavy atom. The number of halogens is 1. The van der Waals surface area contributed by atoms with Crippen LogP contribution in [-0.2, 0) is 14.7 Å². The average Bonchev–Trinajstić information content (AvgIpc) is 3.20. The number of carbonyl (C=O) groups excluding carboxylic acids is 1. The summed E-state index contributed by atoms with van der Waals surface area (Å²) in [4.78, 5) is 16.7. The Morgan fingerprint density at radius 2 is 1.74 bits per heavy atom. The fourth-order valence-corrected chi connectivity index (χ4v) is 3.30. The second-order valence-corrected chi connectivity index (χ2v) is 10.1. The van der Waals surface area contributed by atoms with Gasteiger partial charge in [-0.3, -0.25) is 4.79 Å². The maximum atomic E-state index is 15.3. The van der Waals surface area contributed by atoms with Gasteiger partial charge in [-0.2, -0.15) is 4.98 Å². The number of nitrogens with zero attached hydrogens (tertiary/aromatic N) is 2. The zero-order valence-electron chi connectivity index (χ0n) is 19.7. The maximum absolute atomic E-state index is 15.3. The first-order chi connectivity index (χ1) is 14.1. The van der Waals surface area contributed by atoms with Gasteiger partial charge < -0.3 is 19.1 Å². The van der Waals surface area contributed by atoms with Crippen LogP contribution in [0, 0.1) is 12.7 Å². The predicted molar refractivity (Wildman–Crippen MR) is 116 cm³/mol. The molecule has 1 aliphatic heterocycles. The molecule has 3 rings (SSSR count). The van der Waals surface area contributed by atoms with Gasteiger partial charge in [-0.25, -0.2) is 4.39 Å². The van der Waals surface area contributed by atoms with Crippen molar-refractivity contribution in [1.82, 2.24) is 15.5 Å². The van der Waals surface area contributed by atoms with Gasteiger partial charge in [-0.05, 0) is 52.7 Å². The van der Waals surface area contributed by atoms with E-state index in [2.05, 4.69) is 15.5 Å². The van der Waals surface area contributed by atoms with E-state index < -0.39 is 36.1 Å². The lowest BCUT2D eigenvalue weighted by Crippen LogP contribution is -2.41. The van der Waals surface area contributed by atoms with Gasteiger partial charge >= 0.3 is 7.12 Å². The van der Waals surface area contributed by atoms with Crippen LogP contribution in [0.5, 0.6) is 0 Å². The van der Waals surface area contributed by atoms with Crippen molar-refractivity contribution in [2.24, 2.45) is 0 Å². The van der Waals surface area contributed by atoms with Crippen LogP contribution >= 0.6 is 0 Å². The number of nitrogens with one attached hydrogen (secondary N) is 1. The summed E-state index contributed by atoms with van der Waals surface area (Å²) in [6.07, 6.45) is 0. The highest BCUT2D eigenvalue weighted by atomic mass is 19.1. The number of benzene rings is 1. The average molecular weight is 431 g/mol. The molecule has 1 saturated heterocycles. The Kier molecular flexibility index (Phi) is 5.82. The van der Waals surface area contributed by atoms with Gasteiger partial charge in [-0.1, -0.05) is 38.1 Å². The summed E-state index contributed by atoms with van der Waals surface area (Å²) in [6, 6.07) is 2.96. The molecule has 1 amide bonds. The van der Waals surface area contributed by atoms with Gasteiger partial charge in [0.05, 0.1) is 17.2 Å². The van der Waals surface area contributed by atoms with E-state index in [1.165, 1.54) is 0 Å². The highest BCUT2D eigenvalue weighted by Crippen LogP contribution is 2.37.